The monoisotopic (exact) mass is 510 g/mol. The van der Waals surface area contributed by atoms with Gasteiger partial charge in [0.2, 0.25) is 5.91 Å². The van der Waals surface area contributed by atoms with Gasteiger partial charge in [0.25, 0.3) is 10.0 Å². The highest BCUT2D eigenvalue weighted by molar-refractivity contribution is 7.93. The van der Waals surface area contributed by atoms with Gasteiger partial charge in [0.05, 0.1) is 24.9 Å². The molecule has 0 aromatic heterocycles. The largest absolute Gasteiger partial charge is 0.495 e. The number of benzene rings is 3. The van der Waals surface area contributed by atoms with Crippen LogP contribution >= 0.6 is 11.6 Å². The first-order valence-electron chi connectivity index (χ1n) is 9.83. The Labute approximate surface area is 200 Å². The predicted octanol–water partition coefficient (Wildman–Crippen LogP) is 4.78. The number of aryl methyl sites for hydroxylation is 1. The Kier molecular flexibility index (Phi) is 7.63. The molecule has 0 fully saturated rings. The van der Waals surface area contributed by atoms with Gasteiger partial charge < -0.3 is 14.8 Å². The number of amides is 1. The highest BCUT2D eigenvalue weighted by Crippen LogP contribution is 2.34. The second-order valence-electron chi connectivity index (χ2n) is 7.13. The summed E-state index contributed by atoms with van der Waals surface area (Å²) in [4.78, 5) is 12.6. The molecule has 180 valence electrons. The predicted molar refractivity (Wildman–Crippen MR) is 125 cm³/mol. The third-order valence-electron chi connectivity index (χ3n) is 4.82. The molecule has 0 bridgehead atoms. The molecule has 0 aliphatic carbocycles. The van der Waals surface area contributed by atoms with Crippen molar-refractivity contribution in [3.8, 4) is 11.5 Å². The highest BCUT2D eigenvalue weighted by Gasteiger charge is 2.31. The van der Waals surface area contributed by atoms with Crippen molar-refractivity contribution in [3.05, 3.63) is 76.8 Å². The number of ether oxygens (including phenoxy) is 2. The zero-order chi connectivity index (χ0) is 25.0. The molecular formula is C23H21ClF2N2O5S. The lowest BCUT2D eigenvalue weighted by atomic mass is 10.2. The van der Waals surface area contributed by atoms with Crippen LogP contribution in [0.3, 0.4) is 0 Å². The molecule has 7 nitrogen and oxygen atoms in total. The molecule has 1 N–H and O–H groups in total. The SMILES string of the molecule is COc1ccc(N(CC(=O)Nc2c(F)cccc2F)S(=O)(=O)c2cc(C)ccc2OC)cc1Cl. The lowest BCUT2D eigenvalue weighted by Crippen LogP contribution is -2.38. The summed E-state index contributed by atoms with van der Waals surface area (Å²) in [5.41, 5.74) is -0.0331. The number of hydrogen-bond acceptors (Lipinski definition) is 5. The molecule has 0 saturated carbocycles. The Morgan fingerprint density at radius 1 is 1.00 bits per heavy atom. The molecule has 0 unspecified atom stereocenters. The Balaban J connectivity index is 2.09. The summed E-state index contributed by atoms with van der Waals surface area (Å²) in [5, 5.41) is 2.19. The zero-order valence-electron chi connectivity index (χ0n) is 18.4. The highest BCUT2D eigenvalue weighted by atomic mass is 35.5. The number of halogens is 3. The molecule has 1 amide bonds. The van der Waals surface area contributed by atoms with Gasteiger partial charge in [-0.2, -0.15) is 0 Å². The number of carbonyl (C=O) groups is 1. The number of nitrogens with one attached hydrogen (secondary N) is 1. The number of rotatable bonds is 8. The van der Waals surface area contributed by atoms with Crippen LogP contribution in [0, 0.1) is 18.6 Å². The standard InChI is InChI=1S/C23H21ClF2N2O5S/c1-14-7-9-20(33-3)21(11-14)34(30,31)28(15-8-10-19(32-2)16(24)12-15)13-22(29)27-23-17(25)5-4-6-18(23)26/h4-12H,13H2,1-3H3,(H,27,29). The number of hydrogen-bond donors (Lipinski definition) is 1. The maximum atomic E-state index is 14.0. The number of carbonyl (C=O) groups excluding carboxylic acids is 1. The van der Waals surface area contributed by atoms with Gasteiger partial charge >= 0.3 is 0 Å². The summed E-state index contributed by atoms with van der Waals surface area (Å²) in [6.45, 7) is 0.885. The zero-order valence-corrected chi connectivity index (χ0v) is 20.0. The minimum absolute atomic E-state index is 0.0264. The fourth-order valence-corrected chi connectivity index (χ4v) is 5.06. The van der Waals surface area contributed by atoms with Crippen LogP contribution in [0.4, 0.5) is 20.2 Å². The Morgan fingerprint density at radius 3 is 2.21 bits per heavy atom. The van der Waals surface area contributed by atoms with Gasteiger partial charge in [-0.3, -0.25) is 9.10 Å². The molecule has 3 aromatic carbocycles. The summed E-state index contributed by atoms with van der Waals surface area (Å²) < 4.78 is 66.5. The van der Waals surface area contributed by atoms with Crippen LogP contribution in [-0.4, -0.2) is 35.1 Å². The van der Waals surface area contributed by atoms with Crippen molar-refractivity contribution in [1.29, 1.82) is 0 Å². The average Bonchev–Trinajstić information content (AvgIpc) is 2.79. The lowest BCUT2D eigenvalue weighted by molar-refractivity contribution is -0.114. The van der Waals surface area contributed by atoms with Crippen LogP contribution in [0.5, 0.6) is 11.5 Å². The van der Waals surface area contributed by atoms with Crippen molar-refractivity contribution < 1.29 is 31.5 Å². The molecular weight excluding hydrogens is 490 g/mol. The van der Waals surface area contributed by atoms with E-state index in [9.17, 15) is 22.0 Å². The van der Waals surface area contributed by atoms with Crippen LogP contribution in [0.2, 0.25) is 5.02 Å². The van der Waals surface area contributed by atoms with E-state index in [0.29, 0.717) is 5.56 Å². The Hall–Kier alpha value is -3.37. The van der Waals surface area contributed by atoms with E-state index in [1.165, 1.54) is 44.6 Å². The lowest BCUT2D eigenvalue weighted by Gasteiger charge is -2.25. The molecule has 0 aliphatic heterocycles. The molecule has 0 radical (unpaired) electrons. The van der Waals surface area contributed by atoms with Gasteiger partial charge in [-0.1, -0.05) is 23.7 Å². The normalized spacial score (nSPS) is 11.1. The van der Waals surface area contributed by atoms with E-state index in [-0.39, 0.29) is 27.1 Å². The smallest absolute Gasteiger partial charge is 0.268 e. The first kappa shape index (κ1) is 25.3. The topological polar surface area (TPSA) is 84.9 Å². The molecule has 0 atom stereocenters. The molecule has 0 saturated heterocycles. The van der Waals surface area contributed by atoms with Gasteiger partial charge in [0.15, 0.2) is 0 Å². The first-order valence-corrected chi connectivity index (χ1v) is 11.6. The quantitative estimate of drug-likeness (QED) is 0.471. The van der Waals surface area contributed by atoms with Gasteiger partial charge in [0, 0.05) is 0 Å². The third kappa shape index (κ3) is 5.23. The minimum atomic E-state index is -4.40. The molecule has 3 aromatic rings. The third-order valence-corrected chi connectivity index (χ3v) is 6.92. The molecule has 0 heterocycles. The summed E-state index contributed by atoms with van der Waals surface area (Å²) in [5.74, 6) is -2.65. The van der Waals surface area contributed by atoms with Crippen molar-refractivity contribution >= 4 is 38.9 Å². The van der Waals surface area contributed by atoms with Crippen LogP contribution in [0.15, 0.2) is 59.5 Å². The molecule has 34 heavy (non-hydrogen) atoms. The second kappa shape index (κ2) is 10.3. The molecule has 3 rings (SSSR count). The fraction of sp³-hybridized carbons (Fsp3) is 0.174. The van der Waals surface area contributed by atoms with Gasteiger partial charge in [-0.25, -0.2) is 17.2 Å². The number of para-hydroxylation sites is 1. The van der Waals surface area contributed by atoms with E-state index in [0.717, 1.165) is 22.5 Å². The van der Waals surface area contributed by atoms with Crippen molar-refractivity contribution in [2.24, 2.45) is 0 Å². The van der Waals surface area contributed by atoms with Crippen molar-refractivity contribution in [2.45, 2.75) is 11.8 Å². The summed E-state index contributed by atoms with van der Waals surface area (Å²) in [6.07, 6.45) is 0. The van der Waals surface area contributed by atoms with E-state index < -0.39 is 39.8 Å². The Morgan fingerprint density at radius 2 is 1.62 bits per heavy atom. The van der Waals surface area contributed by atoms with Gasteiger partial charge in [-0.15, -0.1) is 0 Å². The van der Waals surface area contributed by atoms with Gasteiger partial charge in [0.1, 0.15) is 40.3 Å². The molecule has 11 heteroatoms. The van der Waals surface area contributed by atoms with E-state index in [2.05, 4.69) is 5.32 Å². The van der Waals surface area contributed by atoms with Crippen LogP contribution in [0.1, 0.15) is 5.56 Å². The minimum Gasteiger partial charge on any atom is -0.495 e. The molecule has 0 spiro atoms. The Bertz CT molecular complexity index is 1310. The van der Waals surface area contributed by atoms with E-state index >= 15 is 0 Å². The molecule has 0 aliphatic rings. The summed E-state index contributed by atoms with van der Waals surface area (Å²) >= 11 is 6.19. The van der Waals surface area contributed by atoms with Gasteiger partial charge in [-0.05, 0) is 55.0 Å². The van der Waals surface area contributed by atoms with Crippen LogP contribution < -0.4 is 19.1 Å². The number of sulfonamides is 1. The summed E-state index contributed by atoms with van der Waals surface area (Å²) in [6, 6.07) is 11.7. The maximum Gasteiger partial charge on any atom is 0.268 e. The van der Waals surface area contributed by atoms with E-state index in [4.69, 9.17) is 21.1 Å². The first-order chi connectivity index (χ1) is 16.1. The van der Waals surface area contributed by atoms with Crippen molar-refractivity contribution in [2.75, 3.05) is 30.4 Å². The van der Waals surface area contributed by atoms with Crippen molar-refractivity contribution in [3.63, 3.8) is 0 Å². The van der Waals surface area contributed by atoms with Crippen LogP contribution in [-0.2, 0) is 14.8 Å². The van der Waals surface area contributed by atoms with Crippen molar-refractivity contribution in [1.82, 2.24) is 0 Å². The second-order valence-corrected chi connectivity index (χ2v) is 9.37. The number of anilines is 2. The maximum absolute atomic E-state index is 14.0. The summed E-state index contributed by atoms with van der Waals surface area (Å²) in [7, 11) is -1.70. The van der Waals surface area contributed by atoms with E-state index in [1.54, 1.807) is 13.0 Å². The van der Waals surface area contributed by atoms with E-state index in [1.807, 2.05) is 0 Å². The fourth-order valence-electron chi connectivity index (χ4n) is 3.16. The average molecular weight is 511 g/mol. The number of methoxy groups -OCH3 is 2. The van der Waals surface area contributed by atoms with Crippen LogP contribution in [0.25, 0.3) is 0 Å². The number of nitrogens with zero attached hydrogens (tertiary/aromatic N) is 1.